The largest absolute Gasteiger partial charge is 0.292 e. The van der Waals surface area contributed by atoms with E-state index in [2.05, 4.69) is 223 Å². The average molecular weight is 818 g/mol. The van der Waals surface area contributed by atoms with Gasteiger partial charge in [0, 0.05) is 50.7 Å². The number of nitrogens with zero attached hydrogens (tertiary/aromatic N) is 5. The van der Waals surface area contributed by atoms with Gasteiger partial charge in [-0.25, -0.2) is 15.0 Å². The predicted molar refractivity (Wildman–Crippen MR) is 263 cm³/mol. The van der Waals surface area contributed by atoms with Crippen LogP contribution in [0, 0.1) is 0 Å². The van der Waals surface area contributed by atoms with Crippen molar-refractivity contribution in [3.05, 3.63) is 236 Å². The highest BCUT2D eigenvalue weighted by Crippen LogP contribution is 2.42. The molecule has 0 unspecified atom stereocenters. The molecule has 9 aromatic carbocycles. The van der Waals surface area contributed by atoms with Gasteiger partial charge in [-0.2, -0.15) is 0 Å². The molecule has 0 spiro atoms. The number of aromatic nitrogens is 5. The molecule has 0 aliphatic heterocycles. The minimum Gasteiger partial charge on any atom is -0.292 e. The number of para-hydroxylation sites is 2. The Balaban J connectivity index is 1.04. The molecule has 0 N–H and O–H groups in total. The molecular formula is C59H39N5. The van der Waals surface area contributed by atoms with Crippen LogP contribution in [-0.4, -0.2) is 24.5 Å². The lowest BCUT2D eigenvalue weighted by atomic mass is 9.92. The number of benzene rings is 9. The molecule has 0 saturated heterocycles. The normalized spacial score (nSPS) is 11.5. The lowest BCUT2D eigenvalue weighted by Gasteiger charge is -2.18. The van der Waals surface area contributed by atoms with E-state index >= 15 is 0 Å². The number of hydrogen-bond donors (Lipinski definition) is 0. The van der Waals surface area contributed by atoms with Crippen LogP contribution in [0.5, 0.6) is 0 Å². The molecule has 64 heavy (non-hydrogen) atoms. The first-order chi connectivity index (χ1) is 31.7. The lowest BCUT2D eigenvalue weighted by Crippen LogP contribution is -2.01. The number of hydrogen-bond acceptors (Lipinski definition) is 4. The highest BCUT2D eigenvalue weighted by atomic mass is 15.1. The Morgan fingerprint density at radius 3 is 1.66 bits per heavy atom. The molecular weight excluding hydrogens is 779 g/mol. The van der Waals surface area contributed by atoms with Gasteiger partial charge >= 0.3 is 0 Å². The fourth-order valence-corrected chi connectivity index (χ4v) is 9.28. The Bertz CT molecular complexity index is 3590. The molecule has 0 atom stereocenters. The van der Waals surface area contributed by atoms with E-state index in [1.807, 2.05) is 6.07 Å². The van der Waals surface area contributed by atoms with E-state index in [9.17, 15) is 0 Å². The average Bonchev–Trinajstić information content (AvgIpc) is 3.77. The zero-order valence-electron chi connectivity index (χ0n) is 34.8. The van der Waals surface area contributed by atoms with Crippen molar-refractivity contribution in [2.24, 2.45) is 0 Å². The minimum absolute atomic E-state index is 0.618. The topological polar surface area (TPSA) is 56.5 Å². The Morgan fingerprint density at radius 1 is 0.391 bits per heavy atom. The Hall–Kier alpha value is -8.54. The van der Waals surface area contributed by atoms with E-state index < -0.39 is 0 Å². The zero-order chi connectivity index (χ0) is 42.4. The second-order valence-corrected chi connectivity index (χ2v) is 16.2. The van der Waals surface area contributed by atoms with Crippen molar-refractivity contribution in [1.82, 2.24) is 24.5 Å². The smallest absolute Gasteiger partial charge is 0.161 e. The Morgan fingerprint density at radius 2 is 0.969 bits per heavy atom. The van der Waals surface area contributed by atoms with Crippen molar-refractivity contribution in [2.45, 2.75) is 6.42 Å². The summed E-state index contributed by atoms with van der Waals surface area (Å²) in [6, 6.07) is 78.6. The maximum absolute atomic E-state index is 5.48. The molecule has 0 saturated carbocycles. The molecule has 300 valence electrons. The van der Waals surface area contributed by atoms with E-state index in [1.165, 1.54) is 0 Å². The SMILES string of the molecule is c1ccc(-c2nc(-c3cccc4ccccc34)nc(-c3ccccc3)c2-c2ccc(Cc3nc4ccccc4c4ccc5c(nc(-c6ccccc6)n5-c5ccccc5)c34)cc2)cc1. The van der Waals surface area contributed by atoms with Crippen LogP contribution in [0.15, 0.2) is 224 Å². The number of pyridine rings is 1. The molecule has 0 radical (unpaired) electrons. The third-order valence-corrected chi connectivity index (χ3v) is 12.3. The molecule has 12 aromatic rings. The molecule has 5 heteroatoms. The molecule has 5 nitrogen and oxygen atoms in total. The fraction of sp³-hybridized carbons (Fsp3) is 0.0169. The summed E-state index contributed by atoms with van der Waals surface area (Å²) in [5.41, 5.74) is 14.1. The molecule has 0 aliphatic carbocycles. The monoisotopic (exact) mass is 817 g/mol. The highest BCUT2D eigenvalue weighted by Gasteiger charge is 2.23. The van der Waals surface area contributed by atoms with E-state index in [1.54, 1.807) is 0 Å². The van der Waals surface area contributed by atoms with Crippen LogP contribution in [0.3, 0.4) is 0 Å². The van der Waals surface area contributed by atoms with Gasteiger partial charge in [0.2, 0.25) is 0 Å². The van der Waals surface area contributed by atoms with Crippen molar-refractivity contribution >= 4 is 43.5 Å². The van der Waals surface area contributed by atoms with Crippen LogP contribution in [0.2, 0.25) is 0 Å². The highest BCUT2D eigenvalue weighted by molar-refractivity contribution is 6.16. The Kier molecular flexibility index (Phi) is 9.16. The maximum atomic E-state index is 5.48. The van der Waals surface area contributed by atoms with E-state index in [0.29, 0.717) is 12.2 Å². The summed E-state index contributed by atoms with van der Waals surface area (Å²) in [6.07, 6.45) is 0.618. The lowest BCUT2D eigenvalue weighted by molar-refractivity contribution is 1.10. The zero-order valence-corrected chi connectivity index (χ0v) is 34.8. The molecule has 3 heterocycles. The van der Waals surface area contributed by atoms with Gasteiger partial charge in [0.15, 0.2) is 5.82 Å². The number of rotatable bonds is 8. The quantitative estimate of drug-likeness (QED) is 0.143. The van der Waals surface area contributed by atoms with Crippen LogP contribution in [0.4, 0.5) is 0 Å². The van der Waals surface area contributed by atoms with Gasteiger partial charge in [0.1, 0.15) is 5.82 Å². The number of fused-ring (bicyclic) bond motifs is 6. The van der Waals surface area contributed by atoms with E-state index in [0.717, 1.165) is 111 Å². The van der Waals surface area contributed by atoms with Crippen LogP contribution in [-0.2, 0) is 6.42 Å². The van der Waals surface area contributed by atoms with E-state index in [-0.39, 0.29) is 0 Å². The van der Waals surface area contributed by atoms with E-state index in [4.69, 9.17) is 19.9 Å². The summed E-state index contributed by atoms with van der Waals surface area (Å²) in [7, 11) is 0. The summed E-state index contributed by atoms with van der Waals surface area (Å²) >= 11 is 0. The molecule has 3 aromatic heterocycles. The van der Waals surface area contributed by atoms with Crippen LogP contribution in [0.1, 0.15) is 11.3 Å². The van der Waals surface area contributed by atoms with Gasteiger partial charge in [-0.05, 0) is 51.6 Å². The minimum atomic E-state index is 0.618. The summed E-state index contributed by atoms with van der Waals surface area (Å²) in [5.74, 6) is 1.59. The van der Waals surface area contributed by atoms with Crippen molar-refractivity contribution < 1.29 is 0 Å². The van der Waals surface area contributed by atoms with Crippen LogP contribution < -0.4 is 0 Å². The van der Waals surface area contributed by atoms with Gasteiger partial charge < -0.3 is 0 Å². The Labute approximate surface area is 370 Å². The van der Waals surface area contributed by atoms with Crippen molar-refractivity contribution in [1.29, 1.82) is 0 Å². The third-order valence-electron chi connectivity index (χ3n) is 12.3. The first-order valence-corrected chi connectivity index (χ1v) is 21.7. The maximum Gasteiger partial charge on any atom is 0.161 e. The van der Waals surface area contributed by atoms with Gasteiger partial charge in [-0.3, -0.25) is 9.55 Å². The molecule has 12 rings (SSSR count). The first kappa shape index (κ1) is 37.2. The van der Waals surface area contributed by atoms with Crippen LogP contribution in [0.25, 0.3) is 106 Å². The second-order valence-electron chi connectivity index (χ2n) is 16.2. The number of imidazole rings is 1. The van der Waals surface area contributed by atoms with Gasteiger partial charge in [-0.15, -0.1) is 0 Å². The summed E-state index contributed by atoms with van der Waals surface area (Å²) < 4.78 is 2.28. The van der Waals surface area contributed by atoms with Gasteiger partial charge in [-0.1, -0.05) is 200 Å². The van der Waals surface area contributed by atoms with Crippen molar-refractivity contribution in [3.63, 3.8) is 0 Å². The van der Waals surface area contributed by atoms with Gasteiger partial charge in [0.05, 0.1) is 33.6 Å². The van der Waals surface area contributed by atoms with Crippen LogP contribution >= 0.6 is 0 Å². The molecule has 0 aliphatic rings. The van der Waals surface area contributed by atoms with Gasteiger partial charge in [0.25, 0.3) is 0 Å². The fourth-order valence-electron chi connectivity index (χ4n) is 9.28. The standard InChI is InChI=1S/C59H39N5/c1-5-19-42(20-6-1)55-53(56(43-21-7-2-8-22-43)62-58(61-55)49-30-17-25-40-18-13-14-28-46(40)49)41-34-32-39(33-35-41)38-51-54-48(47-29-15-16-31-50(47)60-51)36-37-52-57(54)63-59(44-23-9-3-10-24-44)64(52)45-26-11-4-12-27-45/h1-37H,38H2. The molecule has 0 amide bonds. The second kappa shape index (κ2) is 15.7. The molecule has 0 bridgehead atoms. The predicted octanol–water partition coefficient (Wildman–Crippen LogP) is 14.6. The summed E-state index contributed by atoms with van der Waals surface area (Å²) in [5, 5.41) is 5.60. The molecule has 0 fully saturated rings. The summed E-state index contributed by atoms with van der Waals surface area (Å²) in [6.45, 7) is 0. The first-order valence-electron chi connectivity index (χ1n) is 21.7. The van der Waals surface area contributed by atoms with Crippen molar-refractivity contribution in [3.8, 4) is 62.1 Å². The van der Waals surface area contributed by atoms with Crippen molar-refractivity contribution in [2.75, 3.05) is 0 Å². The summed E-state index contributed by atoms with van der Waals surface area (Å²) in [4.78, 5) is 21.8. The third kappa shape index (κ3) is 6.50.